The van der Waals surface area contributed by atoms with Crippen molar-refractivity contribution in [1.82, 2.24) is 5.32 Å². The number of rotatable bonds is 8. The van der Waals surface area contributed by atoms with Gasteiger partial charge in [-0.25, -0.2) is 0 Å². The summed E-state index contributed by atoms with van der Waals surface area (Å²) in [5.74, 6) is 0.761. The summed E-state index contributed by atoms with van der Waals surface area (Å²) >= 11 is 0. The molecule has 3 nitrogen and oxygen atoms in total. The number of hydrogen-bond acceptors (Lipinski definition) is 2. The highest BCUT2D eigenvalue weighted by Crippen LogP contribution is 2.10. The molecule has 0 aliphatic heterocycles. The van der Waals surface area contributed by atoms with Crippen LogP contribution in [0.25, 0.3) is 0 Å². The maximum atomic E-state index is 11.5. The third-order valence-corrected chi connectivity index (χ3v) is 2.56. The number of carbonyl (C=O) groups excluding carboxylic acids is 1. The summed E-state index contributed by atoms with van der Waals surface area (Å²) in [5.41, 5.74) is 5.80. The molecule has 0 aliphatic rings. The Morgan fingerprint density at radius 3 is 2.12 bits per heavy atom. The maximum Gasteiger partial charge on any atom is 0.237 e. The fourth-order valence-electron chi connectivity index (χ4n) is 1.62. The van der Waals surface area contributed by atoms with E-state index in [4.69, 9.17) is 5.73 Å². The lowest BCUT2D eigenvalue weighted by Crippen LogP contribution is -2.43. The van der Waals surface area contributed by atoms with E-state index in [0.717, 1.165) is 18.8 Å². The molecule has 3 heteroatoms. The number of nitrogens with two attached hydrogens (primary N) is 1. The van der Waals surface area contributed by atoms with E-state index >= 15 is 0 Å². The number of nitrogens with one attached hydrogen (secondary N) is 1. The highest BCUT2D eigenvalue weighted by molar-refractivity contribution is 5.81. The van der Waals surface area contributed by atoms with Gasteiger partial charge in [0.15, 0.2) is 0 Å². The van der Waals surface area contributed by atoms with Gasteiger partial charge >= 0.3 is 0 Å². The molecule has 0 fully saturated rings. The Balaban J connectivity index is 3.49. The molecule has 3 N–H and O–H groups in total. The van der Waals surface area contributed by atoms with Crippen LogP contribution >= 0.6 is 0 Å². The number of amides is 1. The van der Waals surface area contributed by atoms with E-state index in [1.165, 1.54) is 19.3 Å². The lowest BCUT2D eigenvalue weighted by atomic mass is 10.0. The molecule has 96 valence electrons. The molecular formula is C13H28N2O. The largest absolute Gasteiger partial charge is 0.353 e. The molecule has 0 aliphatic carbocycles. The summed E-state index contributed by atoms with van der Waals surface area (Å²) in [4.78, 5) is 11.5. The van der Waals surface area contributed by atoms with Gasteiger partial charge < -0.3 is 11.1 Å². The molecule has 1 atom stereocenters. The van der Waals surface area contributed by atoms with Crippen LogP contribution in [0.2, 0.25) is 0 Å². The first-order valence-corrected chi connectivity index (χ1v) is 6.49. The topological polar surface area (TPSA) is 55.1 Å². The predicted octanol–water partition coefficient (Wildman–Crippen LogP) is 2.44. The minimum Gasteiger partial charge on any atom is -0.353 e. The Morgan fingerprint density at radius 1 is 1.06 bits per heavy atom. The maximum absolute atomic E-state index is 11.5. The fourth-order valence-corrected chi connectivity index (χ4v) is 1.62. The average molecular weight is 228 g/mol. The second kappa shape index (κ2) is 8.57. The minimum absolute atomic E-state index is 0.0149. The first-order valence-electron chi connectivity index (χ1n) is 6.49. The van der Waals surface area contributed by atoms with Gasteiger partial charge in [-0.3, -0.25) is 4.79 Å². The van der Waals surface area contributed by atoms with Gasteiger partial charge in [-0.05, 0) is 26.2 Å². The Morgan fingerprint density at radius 2 is 1.62 bits per heavy atom. The lowest BCUT2D eigenvalue weighted by Gasteiger charge is -2.14. The van der Waals surface area contributed by atoms with Gasteiger partial charge in [-0.2, -0.15) is 0 Å². The zero-order valence-corrected chi connectivity index (χ0v) is 11.3. The molecule has 0 aromatic heterocycles. The third kappa shape index (κ3) is 8.72. The molecule has 0 unspecified atom stereocenters. The smallest absolute Gasteiger partial charge is 0.237 e. The number of carbonyl (C=O) groups is 1. The molecule has 1 amide bonds. The Hall–Kier alpha value is -0.570. The second-order valence-electron chi connectivity index (χ2n) is 5.30. The van der Waals surface area contributed by atoms with Gasteiger partial charge in [-0.15, -0.1) is 0 Å². The van der Waals surface area contributed by atoms with Crippen LogP contribution in [0.4, 0.5) is 0 Å². The number of hydrogen-bond donors (Lipinski definition) is 2. The van der Waals surface area contributed by atoms with Crippen LogP contribution in [0.1, 0.15) is 59.8 Å². The molecule has 0 saturated carbocycles. The van der Waals surface area contributed by atoms with E-state index in [1.807, 2.05) is 13.8 Å². The van der Waals surface area contributed by atoms with Crippen LogP contribution in [-0.2, 0) is 4.79 Å². The average Bonchev–Trinajstić information content (AvgIpc) is 2.15. The molecular weight excluding hydrogens is 200 g/mol. The van der Waals surface area contributed by atoms with Gasteiger partial charge in [0.05, 0.1) is 6.04 Å². The summed E-state index contributed by atoms with van der Waals surface area (Å²) in [5, 5.41) is 2.84. The van der Waals surface area contributed by atoms with Crippen molar-refractivity contribution in [2.75, 3.05) is 0 Å². The zero-order valence-electron chi connectivity index (χ0n) is 11.3. The molecule has 0 heterocycles. The summed E-state index contributed by atoms with van der Waals surface area (Å²) in [7, 11) is 0. The molecule has 0 radical (unpaired) electrons. The van der Waals surface area contributed by atoms with E-state index in [-0.39, 0.29) is 18.0 Å². The van der Waals surface area contributed by atoms with Gasteiger partial charge in [0, 0.05) is 6.04 Å². The molecule has 0 aromatic carbocycles. The Labute approximate surface area is 100 Å². The highest BCUT2D eigenvalue weighted by Gasteiger charge is 2.13. The van der Waals surface area contributed by atoms with Gasteiger partial charge in [0.1, 0.15) is 0 Å². The van der Waals surface area contributed by atoms with Crippen molar-refractivity contribution < 1.29 is 4.79 Å². The lowest BCUT2D eigenvalue weighted by molar-refractivity contribution is -0.123. The van der Waals surface area contributed by atoms with Crippen molar-refractivity contribution in [3.63, 3.8) is 0 Å². The van der Waals surface area contributed by atoms with Gasteiger partial charge in [0.25, 0.3) is 0 Å². The van der Waals surface area contributed by atoms with Crippen molar-refractivity contribution in [1.29, 1.82) is 0 Å². The summed E-state index contributed by atoms with van der Waals surface area (Å²) < 4.78 is 0. The summed E-state index contributed by atoms with van der Waals surface area (Å²) in [6.07, 6.45) is 5.56. The van der Waals surface area contributed by atoms with Crippen LogP contribution in [0.5, 0.6) is 0 Å². The van der Waals surface area contributed by atoms with Crippen LogP contribution in [-0.4, -0.2) is 18.0 Å². The SMILES string of the molecule is CC(C)CCCCC[C@H](N)C(=O)NC(C)C. The molecule has 0 bridgehead atoms. The summed E-state index contributed by atoms with van der Waals surface area (Å²) in [6.45, 7) is 8.38. The normalized spacial score (nSPS) is 13.2. The van der Waals surface area contributed by atoms with Crippen molar-refractivity contribution in [2.45, 2.75) is 71.9 Å². The standard InChI is InChI=1S/C13H28N2O/c1-10(2)8-6-5-7-9-12(14)13(16)15-11(3)4/h10-12H,5-9,14H2,1-4H3,(H,15,16)/t12-/m0/s1. The van der Waals surface area contributed by atoms with E-state index in [9.17, 15) is 4.79 Å². The Kier molecular flexibility index (Phi) is 8.26. The Bertz CT molecular complexity index is 190. The van der Waals surface area contributed by atoms with E-state index in [0.29, 0.717) is 0 Å². The molecule has 0 spiro atoms. The van der Waals surface area contributed by atoms with Crippen molar-refractivity contribution in [2.24, 2.45) is 11.7 Å². The zero-order chi connectivity index (χ0) is 12.6. The van der Waals surface area contributed by atoms with E-state index in [2.05, 4.69) is 19.2 Å². The van der Waals surface area contributed by atoms with Crippen molar-refractivity contribution in [3.8, 4) is 0 Å². The molecule has 0 saturated heterocycles. The quantitative estimate of drug-likeness (QED) is 0.627. The van der Waals surface area contributed by atoms with Crippen LogP contribution < -0.4 is 11.1 Å². The first kappa shape index (κ1) is 15.4. The third-order valence-electron chi connectivity index (χ3n) is 2.56. The minimum atomic E-state index is -0.332. The van der Waals surface area contributed by atoms with Crippen molar-refractivity contribution >= 4 is 5.91 Å². The first-order chi connectivity index (χ1) is 7.43. The second-order valence-corrected chi connectivity index (χ2v) is 5.30. The van der Waals surface area contributed by atoms with Gasteiger partial charge in [0.2, 0.25) is 5.91 Å². The summed E-state index contributed by atoms with van der Waals surface area (Å²) in [6, 6.07) is -0.152. The monoisotopic (exact) mass is 228 g/mol. The van der Waals surface area contributed by atoms with Crippen molar-refractivity contribution in [3.05, 3.63) is 0 Å². The van der Waals surface area contributed by atoms with E-state index < -0.39 is 0 Å². The highest BCUT2D eigenvalue weighted by atomic mass is 16.2. The molecule has 16 heavy (non-hydrogen) atoms. The van der Waals surface area contributed by atoms with Gasteiger partial charge in [-0.1, -0.05) is 39.5 Å². The molecule has 0 rings (SSSR count). The van der Waals surface area contributed by atoms with Crippen LogP contribution in [0, 0.1) is 5.92 Å². The molecule has 0 aromatic rings. The number of unbranched alkanes of at least 4 members (excludes halogenated alkanes) is 2. The van der Waals surface area contributed by atoms with Crippen LogP contribution in [0.15, 0.2) is 0 Å². The van der Waals surface area contributed by atoms with Crippen LogP contribution in [0.3, 0.4) is 0 Å². The predicted molar refractivity (Wildman–Crippen MR) is 69.2 cm³/mol. The fraction of sp³-hybridized carbons (Fsp3) is 0.923. The van der Waals surface area contributed by atoms with E-state index in [1.54, 1.807) is 0 Å².